The van der Waals surface area contributed by atoms with E-state index in [1.54, 1.807) is 43.3 Å². The molecule has 0 aliphatic carbocycles. The van der Waals surface area contributed by atoms with Crippen molar-refractivity contribution < 1.29 is 9.18 Å². The highest BCUT2D eigenvalue weighted by molar-refractivity contribution is 8.00. The van der Waals surface area contributed by atoms with Gasteiger partial charge in [-0.15, -0.1) is 5.10 Å². The van der Waals surface area contributed by atoms with Crippen LogP contribution >= 0.6 is 11.8 Å². The molecule has 0 saturated heterocycles. The number of benzene rings is 2. The Labute approximate surface area is 152 Å². The maximum absolute atomic E-state index is 13.4. The minimum absolute atomic E-state index is 0.242. The van der Waals surface area contributed by atoms with Crippen LogP contribution in [0.1, 0.15) is 12.5 Å². The molecule has 2 aromatic carbocycles. The topological polar surface area (TPSA) is 96.5 Å². The minimum atomic E-state index is -0.496. The van der Waals surface area contributed by atoms with Crippen LogP contribution < -0.4 is 5.32 Å². The number of hydrogen-bond acceptors (Lipinski definition) is 6. The number of tetrazole rings is 1. The van der Waals surface area contributed by atoms with E-state index in [1.165, 1.54) is 16.8 Å². The van der Waals surface area contributed by atoms with Gasteiger partial charge in [-0.3, -0.25) is 4.79 Å². The monoisotopic (exact) mass is 368 g/mol. The smallest absolute Gasteiger partial charge is 0.237 e. The number of thioether (sulfide) groups is 1. The van der Waals surface area contributed by atoms with E-state index in [9.17, 15) is 9.18 Å². The van der Waals surface area contributed by atoms with Gasteiger partial charge in [0.1, 0.15) is 5.82 Å². The SMILES string of the molecule is C[C@@H](Sc1nnnn1-c1cccc(F)c1)C(=O)Nc1ccc(C#N)cc1. The van der Waals surface area contributed by atoms with Crippen LogP contribution in [0.4, 0.5) is 10.1 Å². The van der Waals surface area contributed by atoms with Crippen LogP contribution in [0.3, 0.4) is 0 Å². The van der Waals surface area contributed by atoms with Crippen molar-refractivity contribution in [2.24, 2.45) is 0 Å². The number of carbonyl (C=O) groups excluding carboxylic acids is 1. The van der Waals surface area contributed by atoms with Gasteiger partial charge in [0.25, 0.3) is 0 Å². The third kappa shape index (κ3) is 4.04. The maximum Gasteiger partial charge on any atom is 0.237 e. The van der Waals surface area contributed by atoms with Crippen molar-refractivity contribution in [2.45, 2.75) is 17.3 Å². The third-order valence-corrected chi connectivity index (χ3v) is 4.46. The number of rotatable bonds is 5. The molecule has 1 N–H and O–H groups in total. The molecule has 3 aromatic rings. The summed E-state index contributed by atoms with van der Waals surface area (Å²) in [6.45, 7) is 1.72. The molecule has 26 heavy (non-hydrogen) atoms. The number of aromatic nitrogens is 4. The van der Waals surface area contributed by atoms with Crippen LogP contribution in [0, 0.1) is 17.1 Å². The summed E-state index contributed by atoms with van der Waals surface area (Å²) < 4.78 is 14.8. The van der Waals surface area contributed by atoms with Crippen molar-refractivity contribution in [3.63, 3.8) is 0 Å². The Balaban J connectivity index is 1.70. The Morgan fingerprint density at radius 3 is 2.77 bits per heavy atom. The van der Waals surface area contributed by atoms with Gasteiger partial charge >= 0.3 is 0 Å². The summed E-state index contributed by atoms with van der Waals surface area (Å²) in [4.78, 5) is 12.4. The zero-order valence-electron chi connectivity index (χ0n) is 13.6. The summed E-state index contributed by atoms with van der Waals surface area (Å²) in [6, 6.07) is 14.4. The second-order valence-corrected chi connectivity index (χ2v) is 6.60. The van der Waals surface area contributed by atoms with E-state index < -0.39 is 11.1 Å². The van der Waals surface area contributed by atoms with Crippen molar-refractivity contribution in [3.8, 4) is 11.8 Å². The van der Waals surface area contributed by atoms with E-state index in [0.717, 1.165) is 11.8 Å². The van der Waals surface area contributed by atoms with E-state index in [-0.39, 0.29) is 5.91 Å². The molecule has 7 nitrogen and oxygen atoms in total. The highest BCUT2D eigenvalue weighted by Gasteiger charge is 2.19. The average molecular weight is 368 g/mol. The van der Waals surface area contributed by atoms with Crippen LogP contribution in [-0.4, -0.2) is 31.4 Å². The lowest BCUT2D eigenvalue weighted by atomic mass is 10.2. The first-order chi connectivity index (χ1) is 12.6. The molecule has 0 aliphatic rings. The van der Waals surface area contributed by atoms with Gasteiger partial charge in [-0.05, 0) is 59.8 Å². The van der Waals surface area contributed by atoms with E-state index in [1.807, 2.05) is 6.07 Å². The highest BCUT2D eigenvalue weighted by Crippen LogP contribution is 2.24. The molecular weight excluding hydrogens is 355 g/mol. The molecule has 130 valence electrons. The Morgan fingerprint density at radius 2 is 2.08 bits per heavy atom. The van der Waals surface area contributed by atoms with Gasteiger partial charge in [-0.2, -0.15) is 9.94 Å². The molecule has 0 radical (unpaired) electrons. The summed E-state index contributed by atoms with van der Waals surface area (Å²) >= 11 is 1.15. The normalized spacial score (nSPS) is 11.6. The largest absolute Gasteiger partial charge is 0.325 e. The van der Waals surface area contributed by atoms with Crippen LogP contribution in [-0.2, 0) is 4.79 Å². The summed E-state index contributed by atoms with van der Waals surface area (Å²) in [5.41, 5.74) is 1.57. The van der Waals surface area contributed by atoms with Crippen molar-refractivity contribution >= 4 is 23.4 Å². The summed E-state index contributed by atoms with van der Waals surface area (Å²) in [5, 5.41) is 22.8. The summed E-state index contributed by atoms with van der Waals surface area (Å²) in [5.74, 6) is -0.644. The standard InChI is InChI=1S/C17H13FN6OS/c1-11(16(25)20-14-7-5-12(10-19)6-8-14)26-17-21-22-23-24(17)15-4-2-3-13(18)9-15/h2-9,11H,1H3,(H,20,25)/t11-/m1/s1. The van der Waals surface area contributed by atoms with Gasteiger partial charge in [0.05, 0.1) is 22.6 Å². The van der Waals surface area contributed by atoms with Crippen molar-refractivity contribution in [1.29, 1.82) is 5.26 Å². The maximum atomic E-state index is 13.4. The first-order valence-electron chi connectivity index (χ1n) is 7.59. The number of amides is 1. The summed E-state index contributed by atoms with van der Waals surface area (Å²) in [7, 11) is 0. The minimum Gasteiger partial charge on any atom is -0.325 e. The Bertz CT molecular complexity index is 966. The van der Waals surface area contributed by atoms with Crippen LogP contribution in [0.15, 0.2) is 53.7 Å². The number of anilines is 1. The predicted molar refractivity (Wildman–Crippen MR) is 94.2 cm³/mol. The van der Waals surface area contributed by atoms with Crippen LogP contribution in [0.2, 0.25) is 0 Å². The van der Waals surface area contributed by atoms with E-state index in [4.69, 9.17) is 5.26 Å². The quantitative estimate of drug-likeness (QED) is 0.696. The molecule has 0 bridgehead atoms. The lowest BCUT2D eigenvalue weighted by molar-refractivity contribution is -0.115. The fraction of sp³-hybridized carbons (Fsp3) is 0.118. The fourth-order valence-electron chi connectivity index (χ4n) is 2.11. The molecule has 0 unspecified atom stereocenters. The van der Waals surface area contributed by atoms with Crippen molar-refractivity contribution in [3.05, 3.63) is 59.9 Å². The number of halogens is 1. The Morgan fingerprint density at radius 1 is 1.31 bits per heavy atom. The van der Waals surface area contributed by atoms with Gasteiger partial charge in [0.15, 0.2) is 0 Å². The Kier molecular flexibility index (Phi) is 5.24. The lowest BCUT2D eigenvalue weighted by Gasteiger charge is -2.11. The van der Waals surface area contributed by atoms with Gasteiger partial charge in [-0.1, -0.05) is 17.8 Å². The highest BCUT2D eigenvalue weighted by atomic mass is 32.2. The number of carbonyl (C=O) groups is 1. The first kappa shape index (κ1) is 17.6. The molecule has 1 atom stereocenters. The second-order valence-electron chi connectivity index (χ2n) is 5.29. The van der Waals surface area contributed by atoms with Crippen LogP contribution in [0.5, 0.6) is 0 Å². The third-order valence-electron chi connectivity index (χ3n) is 3.43. The van der Waals surface area contributed by atoms with E-state index in [0.29, 0.717) is 22.1 Å². The van der Waals surface area contributed by atoms with Gasteiger partial charge in [-0.25, -0.2) is 4.39 Å². The number of nitriles is 1. The molecule has 0 fully saturated rings. The number of nitrogens with one attached hydrogen (secondary N) is 1. The zero-order chi connectivity index (χ0) is 18.5. The molecule has 9 heteroatoms. The number of hydrogen-bond donors (Lipinski definition) is 1. The van der Waals surface area contributed by atoms with Crippen LogP contribution in [0.25, 0.3) is 5.69 Å². The molecule has 0 aliphatic heterocycles. The average Bonchev–Trinajstić information content (AvgIpc) is 3.10. The van der Waals surface area contributed by atoms with Gasteiger partial charge in [0.2, 0.25) is 11.1 Å². The van der Waals surface area contributed by atoms with Gasteiger partial charge < -0.3 is 5.32 Å². The predicted octanol–water partition coefficient (Wildman–Crippen LogP) is 2.79. The lowest BCUT2D eigenvalue weighted by Crippen LogP contribution is -2.22. The first-order valence-corrected chi connectivity index (χ1v) is 8.47. The fourth-order valence-corrected chi connectivity index (χ4v) is 2.91. The molecule has 1 amide bonds. The molecule has 0 spiro atoms. The van der Waals surface area contributed by atoms with E-state index >= 15 is 0 Å². The zero-order valence-corrected chi connectivity index (χ0v) is 14.4. The molecule has 0 saturated carbocycles. The molecule has 3 rings (SSSR count). The Hall–Kier alpha value is -3.25. The van der Waals surface area contributed by atoms with E-state index in [2.05, 4.69) is 20.8 Å². The summed E-state index contributed by atoms with van der Waals surface area (Å²) in [6.07, 6.45) is 0. The molecule has 1 heterocycles. The second kappa shape index (κ2) is 7.76. The molecule has 1 aromatic heterocycles. The molecular formula is C17H13FN6OS. The van der Waals surface area contributed by atoms with Gasteiger partial charge in [0, 0.05) is 5.69 Å². The number of nitrogens with zero attached hydrogens (tertiary/aromatic N) is 5. The van der Waals surface area contributed by atoms with Crippen molar-refractivity contribution in [2.75, 3.05) is 5.32 Å². The van der Waals surface area contributed by atoms with Crippen molar-refractivity contribution in [1.82, 2.24) is 20.2 Å².